The van der Waals surface area contributed by atoms with Gasteiger partial charge in [0.25, 0.3) is 0 Å². The number of hydrogen-bond acceptors (Lipinski definition) is 3. The second kappa shape index (κ2) is 10.5. The number of aliphatic imine (C=N–C) groups is 1. The highest BCUT2D eigenvalue weighted by atomic mass is 127. The van der Waals surface area contributed by atoms with Crippen molar-refractivity contribution < 1.29 is 4.74 Å². The molecule has 0 amide bonds. The van der Waals surface area contributed by atoms with Gasteiger partial charge in [0.2, 0.25) is 0 Å². The molecule has 1 heterocycles. The van der Waals surface area contributed by atoms with Crippen molar-refractivity contribution in [3.05, 3.63) is 51.7 Å². The lowest BCUT2D eigenvalue weighted by Gasteiger charge is -2.12. The number of nitrogens with zero attached hydrogens (tertiary/aromatic N) is 1. The molecule has 1 aromatic carbocycles. The highest BCUT2D eigenvalue weighted by Gasteiger charge is 2.02. The summed E-state index contributed by atoms with van der Waals surface area (Å²) in [6.07, 6.45) is 0. The van der Waals surface area contributed by atoms with E-state index in [1.165, 1.54) is 16.0 Å². The summed E-state index contributed by atoms with van der Waals surface area (Å²) in [7, 11) is 1.78. The van der Waals surface area contributed by atoms with Crippen molar-refractivity contribution in [2.75, 3.05) is 20.2 Å². The van der Waals surface area contributed by atoms with Crippen LogP contribution in [0.2, 0.25) is 0 Å². The van der Waals surface area contributed by atoms with Gasteiger partial charge in [-0.1, -0.05) is 17.7 Å². The molecule has 2 rings (SSSR count). The van der Waals surface area contributed by atoms with Gasteiger partial charge in [0, 0.05) is 11.9 Å². The predicted octanol–water partition coefficient (Wildman–Crippen LogP) is 3.73. The van der Waals surface area contributed by atoms with Gasteiger partial charge in [-0.15, -0.1) is 35.3 Å². The zero-order valence-electron chi connectivity index (χ0n) is 13.8. The van der Waals surface area contributed by atoms with Crippen LogP contribution in [0.15, 0.2) is 40.7 Å². The summed E-state index contributed by atoms with van der Waals surface area (Å²) in [6.45, 7) is 6.29. The third-order valence-corrected chi connectivity index (χ3v) is 4.32. The normalized spacial score (nSPS) is 10.8. The lowest BCUT2D eigenvalue weighted by Crippen LogP contribution is -2.38. The van der Waals surface area contributed by atoms with Crippen LogP contribution in [-0.2, 0) is 6.54 Å². The number of guanidine groups is 1. The number of benzene rings is 1. The zero-order chi connectivity index (χ0) is 15.8. The Kier molecular flexibility index (Phi) is 9.01. The first-order valence-corrected chi connectivity index (χ1v) is 8.24. The maximum Gasteiger partial charge on any atom is 0.191 e. The molecule has 2 N–H and O–H groups in total. The fourth-order valence-electron chi connectivity index (χ4n) is 1.94. The van der Waals surface area contributed by atoms with E-state index in [9.17, 15) is 0 Å². The second-order valence-corrected chi connectivity index (χ2v) is 6.04. The fourth-order valence-corrected chi connectivity index (χ4v) is 2.79. The van der Waals surface area contributed by atoms with E-state index in [0.29, 0.717) is 13.2 Å². The first-order chi connectivity index (χ1) is 10.7. The molecular weight excluding hydrogens is 421 g/mol. The van der Waals surface area contributed by atoms with E-state index >= 15 is 0 Å². The number of thiophene rings is 1. The maximum absolute atomic E-state index is 5.68. The quantitative estimate of drug-likeness (QED) is 0.308. The molecule has 2 aromatic rings. The van der Waals surface area contributed by atoms with Crippen molar-refractivity contribution in [1.29, 1.82) is 0 Å². The van der Waals surface area contributed by atoms with Gasteiger partial charge in [-0.05, 0) is 43.0 Å². The Balaban J connectivity index is 0.00000264. The molecule has 126 valence electrons. The average molecular weight is 445 g/mol. The first kappa shape index (κ1) is 19.8. The van der Waals surface area contributed by atoms with Crippen LogP contribution in [-0.4, -0.2) is 26.2 Å². The molecule has 23 heavy (non-hydrogen) atoms. The molecule has 0 saturated heterocycles. The van der Waals surface area contributed by atoms with E-state index in [0.717, 1.165) is 18.3 Å². The molecule has 4 nitrogen and oxygen atoms in total. The summed E-state index contributed by atoms with van der Waals surface area (Å²) in [6, 6.07) is 10.2. The second-order valence-electron chi connectivity index (χ2n) is 5.04. The standard InChI is InChI=1S/C17H23N3OS.HI/c1-13-4-6-15(7-5-13)21-10-9-19-17(18-3)20-12-16-14(2)8-11-22-16;/h4-8,11H,9-10,12H2,1-3H3,(H2,18,19,20);1H. The SMILES string of the molecule is CN=C(NCCOc1ccc(C)cc1)NCc1sccc1C.I. The van der Waals surface area contributed by atoms with Crippen molar-refractivity contribution >= 4 is 41.3 Å². The van der Waals surface area contributed by atoms with E-state index in [4.69, 9.17) is 4.74 Å². The Morgan fingerprint density at radius 3 is 2.48 bits per heavy atom. The van der Waals surface area contributed by atoms with Gasteiger partial charge in [0.15, 0.2) is 5.96 Å². The van der Waals surface area contributed by atoms with Gasteiger partial charge >= 0.3 is 0 Å². The number of nitrogens with one attached hydrogen (secondary N) is 2. The molecule has 0 bridgehead atoms. The van der Waals surface area contributed by atoms with Gasteiger partial charge in [-0.2, -0.15) is 0 Å². The van der Waals surface area contributed by atoms with Crippen LogP contribution >= 0.6 is 35.3 Å². The molecule has 1 aromatic heterocycles. The smallest absolute Gasteiger partial charge is 0.191 e. The fraction of sp³-hybridized carbons (Fsp3) is 0.353. The molecule has 0 aliphatic carbocycles. The van der Waals surface area contributed by atoms with Crippen molar-refractivity contribution in [3.63, 3.8) is 0 Å². The van der Waals surface area contributed by atoms with Crippen LogP contribution in [0.5, 0.6) is 5.75 Å². The van der Waals surface area contributed by atoms with Crippen LogP contribution in [0, 0.1) is 13.8 Å². The minimum Gasteiger partial charge on any atom is -0.492 e. The number of halogens is 1. The average Bonchev–Trinajstić information content (AvgIpc) is 2.93. The molecule has 0 spiro atoms. The third kappa shape index (κ3) is 6.78. The Morgan fingerprint density at radius 2 is 1.87 bits per heavy atom. The van der Waals surface area contributed by atoms with Crippen LogP contribution in [0.3, 0.4) is 0 Å². The molecular formula is C17H24IN3OS. The van der Waals surface area contributed by atoms with E-state index in [1.807, 2.05) is 24.3 Å². The van der Waals surface area contributed by atoms with Crippen LogP contribution in [0.4, 0.5) is 0 Å². The minimum absolute atomic E-state index is 0. The van der Waals surface area contributed by atoms with Crippen molar-refractivity contribution in [2.45, 2.75) is 20.4 Å². The van der Waals surface area contributed by atoms with Crippen LogP contribution < -0.4 is 15.4 Å². The van der Waals surface area contributed by atoms with E-state index in [2.05, 4.69) is 40.9 Å². The summed E-state index contributed by atoms with van der Waals surface area (Å²) in [4.78, 5) is 5.55. The lowest BCUT2D eigenvalue weighted by atomic mass is 10.2. The molecule has 0 unspecified atom stereocenters. The number of ether oxygens (including phenoxy) is 1. The molecule has 0 aliphatic heterocycles. The maximum atomic E-state index is 5.68. The summed E-state index contributed by atoms with van der Waals surface area (Å²) in [5, 5.41) is 8.67. The number of aryl methyl sites for hydroxylation is 2. The Bertz CT molecular complexity index is 611. The van der Waals surface area contributed by atoms with Gasteiger partial charge in [-0.3, -0.25) is 4.99 Å². The van der Waals surface area contributed by atoms with E-state index in [-0.39, 0.29) is 24.0 Å². The summed E-state index contributed by atoms with van der Waals surface area (Å²) in [5.74, 6) is 1.69. The first-order valence-electron chi connectivity index (χ1n) is 7.36. The van der Waals surface area contributed by atoms with E-state index < -0.39 is 0 Å². The largest absolute Gasteiger partial charge is 0.492 e. The monoisotopic (exact) mass is 445 g/mol. The highest BCUT2D eigenvalue weighted by Crippen LogP contribution is 2.14. The number of rotatable bonds is 6. The molecule has 0 radical (unpaired) electrons. The molecule has 0 atom stereocenters. The van der Waals surface area contributed by atoms with Gasteiger partial charge < -0.3 is 15.4 Å². The Morgan fingerprint density at radius 1 is 1.13 bits per heavy atom. The Hall–Kier alpha value is -1.28. The highest BCUT2D eigenvalue weighted by molar-refractivity contribution is 14.0. The van der Waals surface area contributed by atoms with Crippen molar-refractivity contribution in [2.24, 2.45) is 4.99 Å². The van der Waals surface area contributed by atoms with Gasteiger partial charge in [-0.25, -0.2) is 0 Å². The Labute approximate surface area is 159 Å². The van der Waals surface area contributed by atoms with Crippen molar-refractivity contribution in [1.82, 2.24) is 10.6 Å². The predicted molar refractivity (Wildman–Crippen MR) is 109 cm³/mol. The van der Waals surface area contributed by atoms with Crippen LogP contribution in [0.1, 0.15) is 16.0 Å². The molecule has 0 saturated carbocycles. The zero-order valence-corrected chi connectivity index (χ0v) is 16.9. The van der Waals surface area contributed by atoms with E-state index in [1.54, 1.807) is 18.4 Å². The topological polar surface area (TPSA) is 45.7 Å². The minimum atomic E-state index is 0. The summed E-state index contributed by atoms with van der Waals surface area (Å²) >= 11 is 1.76. The molecule has 0 aliphatic rings. The van der Waals surface area contributed by atoms with Crippen LogP contribution in [0.25, 0.3) is 0 Å². The molecule has 6 heteroatoms. The van der Waals surface area contributed by atoms with Crippen molar-refractivity contribution in [3.8, 4) is 5.75 Å². The summed E-state index contributed by atoms with van der Waals surface area (Å²) < 4.78 is 5.68. The van der Waals surface area contributed by atoms with Gasteiger partial charge in [0.1, 0.15) is 12.4 Å². The van der Waals surface area contributed by atoms with Gasteiger partial charge in [0.05, 0.1) is 13.1 Å². The number of hydrogen-bond donors (Lipinski definition) is 2. The lowest BCUT2D eigenvalue weighted by molar-refractivity contribution is 0.322. The molecule has 0 fully saturated rings. The third-order valence-electron chi connectivity index (χ3n) is 3.29. The summed E-state index contributed by atoms with van der Waals surface area (Å²) in [5.41, 5.74) is 2.55.